The van der Waals surface area contributed by atoms with E-state index in [-0.39, 0.29) is 0 Å². The SMILES string of the molecule is CC(CN)COc1ccc(-c2ccccc2)cc1Cl. The van der Waals surface area contributed by atoms with Crippen molar-refractivity contribution >= 4 is 11.6 Å². The fraction of sp³-hybridized carbons (Fsp3) is 0.250. The Morgan fingerprint density at radius 2 is 1.84 bits per heavy atom. The van der Waals surface area contributed by atoms with E-state index in [1.54, 1.807) is 0 Å². The highest BCUT2D eigenvalue weighted by Crippen LogP contribution is 2.30. The lowest BCUT2D eigenvalue weighted by Gasteiger charge is -2.13. The molecule has 0 saturated carbocycles. The Bertz CT molecular complexity index is 528. The van der Waals surface area contributed by atoms with Crippen molar-refractivity contribution in [2.75, 3.05) is 13.2 Å². The molecule has 0 saturated heterocycles. The zero-order chi connectivity index (χ0) is 13.7. The molecule has 2 rings (SSSR count). The van der Waals surface area contributed by atoms with Crippen molar-refractivity contribution in [3.05, 3.63) is 53.6 Å². The monoisotopic (exact) mass is 275 g/mol. The topological polar surface area (TPSA) is 35.2 Å². The van der Waals surface area contributed by atoms with Gasteiger partial charge in [0.2, 0.25) is 0 Å². The molecule has 2 nitrogen and oxygen atoms in total. The maximum Gasteiger partial charge on any atom is 0.137 e. The van der Waals surface area contributed by atoms with Crippen LogP contribution in [0.2, 0.25) is 5.02 Å². The van der Waals surface area contributed by atoms with E-state index in [1.165, 1.54) is 0 Å². The van der Waals surface area contributed by atoms with E-state index in [9.17, 15) is 0 Å². The van der Waals surface area contributed by atoms with E-state index in [2.05, 4.69) is 12.1 Å². The summed E-state index contributed by atoms with van der Waals surface area (Å²) >= 11 is 6.25. The molecule has 1 unspecified atom stereocenters. The number of benzene rings is 2. The van der Waals surface area contributed by atoms with Crippen LogP contribution in [0.15, 0.2) is 48.5 Å². The van der Waals surface area contributed by atoms with Crippen LogP contribution in [-0.4, -0.2) is 13.2 Å². The van der Waals surface area contributed by atoms with Crippen LogP contribution >= 0.6 is 11.6 Å². The van der Waals surface area contributed by atoms with E-state index in [1.807, 2.05) is 43.3 Å². The summed E-state index contributed by atoms with van der Waals surface area (Å²) in [5.74, 6) is 1.03. The van der Waals surface area contributed by atoms with Crippen LogP contribution in [0, 0.1) is 5.92 Å². The Kier molecular flexibility index (Phi) is 4.83. The predicted molar refractivity (Wildman–Crippen MR) is 80.6 cm³/mol. The molecule has 2 N–H and O–H groups in total. The molecule has 0 bridgehead atoms. The molecule has 2 aromatic rings. The zero-order valence-electron chi connectivity index (χ0n) is 11.0. The quantitative estimate of drug-likeness (QED) is 0.896. The Labute approximate surface area is 119 Å². The zero-order valence-corrected chi connectivity index (χ0v) is 11.7. The lowest BCUT2D eigenvalue weighted by atomic mass is 10.1. The molecule has 0 spiro atoms. The summed E-state index contributed by atoms with van der Waals surface area (Å²) in [5.41, 5.74) is 7.79. The minimum atomic E-state index is 0.324. The van der Waals surface area contributed by atoms with Gasteiger partial charge in [-0.3, -0.25) is 0 Å². The van der Waals surface area contributed by atoms with Gasteiger partial charge in [0.1, 0.15) is 5.75 Å². The maximum atomic E-state index is 6.25. The van der Waals surface area contributed by atoms with Crippen LogP contribution < -0.4 is 10.5 Å². The smallest absolute Gasteiger partial charge is 0.137 e. The molecule has 19 heavy (non-hydrogen) atoms. The van der Waals surface area contributed by atoms with Crippen molar-refractivity contribution < 1.29 is 4.74 Å². The van der Waals surface area contributed by atoms with E-state index in [4.69, 9.17) is 22.1 Å². The highest BCUT2D eigenvalue weighted by Gasteiger charge is 2.06. The van der Waals surface area contributed by atoms with Crippen LogP contribution in [0.3, 0.4) is 0 Å². The molecular formula is C16H18ClNO. The van der Waals surface area contributed by atoms with Crippen molar-refractivity contribution in [3.8, 4) is 16.9 Å². The molecule has 0 aliphatic heterocycles. The maximum absolute atomic E-state index is 6.25. The molecule has 0 amide bonds. The van der Waals surface area contributed by atoms with Crippen LogP contribution in [0.5, 0.6) is 5.75 Å². The summed E-state index contributed by atoms with van der Waals surface area (Å²) < 4.78 is 5.67. The van der Waals surface area contributed by atoms with E-state index in [0.29, 0.717) is 29.8 Å². The van der Waals surface area contributed by atoms with Crippen molar-refractivity contribution in [2.45, 2.75) is 6.92 Å². The van der Waals surface area contributed by atoms with Gasteiger partial charge in [-0.15, -0.1) is 0 Å². The predicted octanol–water partition coefficient (Wildman–Crippen LogP) is 3.98. The minimum absolute atomic E-state index is 0.324. The van der Waals surface area contributed by atoms with E-state index >= 15 is 0 Å². The summed E-state index contributed by atoms with van der Waals surface area (Å²) in [5, 5.41) is 0.630. The minimum Gasteiger partial charge on any atom is -0.492 e. The van der Waals surface area contributed by atoms with Gasteiger partial charge in [0.05, 0.1) is 11.6 Å². The van der Waals surface area contributed by atoms with Crippen LogP contribution in [0.4, 0.5) is 0 Å². The second-order valence-corrected chi connectivity index (χ2v) is 5.07. The van der Waals surface area contributed by atoms with Gasteiger partial charge in [0.25, 0.3) is 0 Å². The lowest BCUT2D eigenvalue weighted by molar-refractivity contribution is 0.264. The third-order valence-electron chi connectivity index (χ3n) is 2.96. The fourth-order valence-corrected chi connectivity index (χ4v) is 1.96. The molecule has 0 aliphatic rings. The van der Waals surface area contributed by atoms with Gasteiger partial charge in [-0.05, 0) is 29.8 Å². The molecular weight excluding hydrogens is 258 g/mol. The molecule has 0 aromatic heterocycles. The first-order valence-electron chi connectivity index (χ1n) is 6.38. The van der Waals surface area contributed by atoms with Crippen molar-refractivity contribution in [1.29, 1.82) is 0 Å². The summed E-state index contributed by atoms with van der Waals surface area (Å²) in [6.07, 6.45) is 0. The summed E-state index contributed by atoms with van der Waals surface area (Å²) in [4.78, 5) is 0. The van der Waals surface area contributed by atoms with Gasteiger partial charge in [-0.2, -0.15) is 0 Å². The van der Waals surface area contributed by atoms with Crippen LogP contribution in [0.1, 0.15) is 6.92 Å². The third-order valence-corrected chi connectivity index (χ3v) is 3.26. The normalized spacial score (nSPS) is 12.2. The average Bonchev–Trinajstić information content (AvgIpc) is 2.46. The Morgan fingerprint density at radius 1 is 1.11 bits per heavy atom. The van der Waals surface area contributed by atoms with Crippen molar-refractivity contribution in [1.82, 2.24) is 0 Å². The number of hydrogen-bond acceptors (Lipinski definition) is 2. The van der Waals surface area contributed by atoms with Gasteiger partial charge in [-0.1, -0.05) is 54.9 Å². The summed E-state index contributed by atoms with van der Waals surface area (Å²) in [6.45, 7) is 3.24. The third kappa shape index (κ3) is 3.72. The van der Waals surface area contributed by atoms with E-state index in [0.717, 1.165) is 11.1 Å². The molecule has 100 valence electrons. The van der Waals surface area contributed by atoms with Gasteiger partial charge in [-0.25, -0.2) is 0 Å². The van der Waals surface area contributed by atoms with Gasteiger partial charge in [0, 0.05) is 5.92 Å². The first kappa shape index (κ1) is 13.9. The van der Waals surface area contributed by atoms with Crippen molar-refractivity contribution in [2.24, 2.45) is 11.7 Å². The molecule has 0 radical (unpaired) electrons. The summed E-state index contributed by atoms with van der Waals surface area (Å²) in [6, 6.07) is 16.0. The number of hydrogen-bond donors (Lipinski definition) is 1. The second kappa shape index (κ2) is 6.60. The molecule has 0 heterocycles. The molecule has 3 heteroatoms. The number of halogens is 1. The first-order chi connectivity index (χ1) is 9.20. The standard InChI is InChI=1S/C16H18ClNO/c1-12(10-18)11-19-16-8-7-14(9-15(16)17)13-5-3-2-4-6-13/h2-9,12H,10-11,18H2,1H3. The Morgan fingerprint density at radius 3 is 2.47 bits per heavy atom. The molecule has 0 aliphatic carbocycles. The lowest BCUT2D eigenvalue weighted by Crippen LogP contribution is -2.18. The van der Waals surface area contributed by atoms with Gasteiger partial charge >= 0.3 is 0 Å². The Hall–Kier alpha value is -1.51. The summed E-state index contributed by atoms with van der Waals surface area (Å²) in [7, 11) is 0. The van der Waals surface area contributed by atoms with E-state index < -0.39 is 0 Å². The Balaban J connectivity index is 2.13. The highest BCUT2D eigenvalue weighted by atomic mass is 35.5. The number of ether oxygens (including phenoxy) is 1. The molecule has 0 fully saturated rings. The number of rotatable bonds is 5. The van der Waals surface area contributed by atoms with Gasteiger partial charge < -0.3 is 10.5 Å². The molecule has 2 aromatic carbocycles. The van der Waals surface area contributed by atoms with Crippen LogP contribution in [0.25, 0.3) is 11.1 Å². The first-order valence-corrected chi connectivity index (χ1v) is 6.76. The second-order valence-electron chi connectivity index (χ2n) is 4.66. The average molecular weight is 276 g/mol. The van der Waals surface area contributed by atoms with Crippen molar-refractivity contribution in [3.63, 3.8) is 0 Å². The molecule has 1 atom stereocenters. The van der Waals surface area contributed by atoms with Crippen LogP contribution in [-0.2, 0) is 0 Å². The number of nitrogens with two attached hydrogens (primary N) is 1. The largest absolute Gasteiger partial charge is 0.492 e. The fourth-order valence-electron chi connectivity index (χ4n) is 1.73. The highest BCUT2D eigenvalue weighted by molar-refractivity contribution is 6.32. The van der Waals surface area contributed by atoms with Gasteiger partial charge in [0.15, 0.2) is 0 Å².